The molecule has 2 aromatic heterocycles. The highest BCUT2D eigenvalue weighted by molar-refractivity contribution is 9.11. The molecule has 0 aliphatic heterocycles. The minimum Gasteiger partial charge on any atom is -0.220 e. The maximum Gasteiger partial charge on any atom is 0.171 e. The summed E-state index contributed by atoms with van der Waals surface area (Å²) < 4.78 is 2.66. The van der Waals surface area contributed by atoms with Gasteiger partial charge in [-0.25, -0.2) is 9.97 Å². The van der Waals surface area contributed by atoms with Crippen LogP contribution in [0.15, 0.2) is 25.8 Å². The van der Waals surface area contributed by atoms with Gasteiger partial charge in [0.05, 0.1) is 4.88 Å². The third kappa shape index (κ3) is 2.67. The van der Waals surface area contributed by atoms with E-state index in [-0.39, 0.29) is 0 Å². The summed E-state index contributed by atoms with van der Waals surface area (Å²) in [5.41, 5.74) is 0. The average Bonchev–Trinajstić information content (AvgIpc) is 2.45. The summed E-state index contributed by atoms with van der Waals surface area (Å²) in [4.78, 5) is 10.9. The van der Waals surface area contributed by atoms with Crippen LogP contribution in [0.1, 0.15) is 4.88 Å². The lowest BCUT2D eigenvalue weighted by molar-refractivity contribution is 1.13. The molecule has 0 spiro atoms. The summed E-state index contributed by atoms with van der Waals surface area (Å²) in [6, 6.07) is 3.85. The second kappa shape index (κ2) is 4.61. The van der Waals surface area contributed by atoms with Crippen molar-refractivity contribution in [2.75, 3.05) is 0 Å². The van der Waals surface area contributed by atoms with Crippen LogP contribution in [-0.2, 0) is 0 Å². The van der Waals surface area contributed by atoms with Crippen LogP contribution in [0.2, 0.25) is 0 Å². The van der Waals surface area contributed by atoms with Crippen LogP contribution in [0, 0.1) is 6.92 Å². The minimum atomic E-state index is 0.732. The van der Waals surface area contributed by atoms with E-state index in [2.05, 4.69) is 64.7 Å². The molecule has 2 nitrogen and oxygen atoms in total. The number of nitrogens with zero attached hydrogens (tertiary/aromatic N) is 2. The van der Waals surface area contributed by atoms with E-state index in [1.54, 1.807) is 11.3 Å². The molecule has 0 N–H and O–H groups in total. The minimum absolute atomic E-state index is 0.732. The molecule has 6 heteroatoms. The summed E-state index contributed by atoms with van der Waals surface area (Å²) >= 11 is 11.8. The fourth-order valence-electron chi connectivity index (χ4n) is 1.07. The summed E-state index contributed by atoms with van der Waals surface area (Å²) in [7, 11) is 0. The Labute approximate surface area is 117 Å². The van der Waals surface area contributed by atoms with Crippen LogP contribution in [0.3, 0.4) is 0 Å². The lowest BCUT2D eigenvalue weighted by atomic mass is 10.4. The Morgan fingerprint density at radius 1 is 1.07 bits per heavy atom. The van der Waals surface area contributed by atoms with Crippen molar-refractivity contribution in [3.05, 3.63) is 30.7 Å². The summed E-state index contributed by atoms with van der Waals surface area (Å²) in [5.74, 6) is 0.732. The third-order valence-electron chi connectivity index (χ3n) is 1.74. The second-order valence-electron chi connectivity index (χ2n) is 2.85. The van der Waals surface area contributed by atoms with Gasteiger partial charge < -0.3 is 0 Å². The van der Waals surface area contributed by atoms with E-state index in [0.717, 1.165) is 24.4 Å². The van der Waals surface area contributed by atoms with Gasteiger partial charge >= 0.3 is 0 Å². The quantitative estimate of drug-likeness (QED) is 0.629. The maximum atomic E-state index is 4.32. The van der Waals surface area contributed by atoms with E-state index in [1.165, 1.54) is 4.88 Å². The molecule has 0 aromatic carbocycles. The summed E-state index contributed by atoms with van der Waals surface area (Å²) in [6.07, 6.45) is 0. The fourth-order valence-corrected chi connectivity index (χ4v) is 3.62. The number of hydrogen-bond donors (Lipinski definition) is 0. The predicted molar refractivity (Wildman–Crippen MR) is 73.2 cm³/mol. The zero-order valence-corrected chi connectivity index (χ0v) is 13.2. The van der Waals surface area contributed by atoms with Crippen molar-refractivity contribution in [2.45, 2.75) is 6.92 Å². The van der Waals surface area contributed by atoms with Gasteiger partial charge in [-0.1, -0.05) is 0 Å². The first kappa shape index (κ1) is 11.7. The van der Waals surface area contributed by atoms with Crippen molar-refractivity contribution in [2.24, 2.45) is 0 Å². The molecule has 0 atom stereocenters. The molecule has 0 bridgehead atoms. The molecule has 0 saturated carbocycles. The molecule has 0 radical (unpaired) electrons. The van der Waals surface area contributed by atoms with Crippen molar-refractivity contribution in [1.82, 2.24) is 9.97 Å². The Hall–Kier alpha value is 0.220. The Morgan fingerprint density at radius 2 is 1.67 bits per heavy atom. The number of aryl methyl sites for hydroxylation is 1. The van der Waals surface area contributed by atoms with Gasteiger partial charge in [0.25, 0.3) is 0 Å². The largest absolute Gasteiger partial charge is 0.220 e. The van der Waals surface area contributed by atoms with Crippen LogP contribution in [-0.4, -0.2) is 9.97 Å². The summed E-state index contributed by atoms with van der Waals surface area (Å²) in [6.45, 7) is 2.06. The highest BCUT2D eigenvalue weighted by Crippen LogP contribution is 2.33. The Kier molecular flexibility index (Phi) is 3.59. The van der Waals surface area contributed by atoms with Gasteiger partial charge in [0, 0.05) is 15.4 Å². The highest BCUT2D eigenvalue weighted by atomic mass is 79.9. The molecule has 0 aliphatic carbocycles. The van der Waals surface area contributed by atoms with E-state index >= 15 is 0 Å². The molecular weight excluding hydrogens is 408 g/mol. The van der Waals surface area contributed by atoms with Crippen molar-refractivity contribution in [1.29, 1.82) is 0 Å². The van der Waals surface area contributed by atoms with Gasteiger partial charge in [0.1, 0.15) is 9.21 Å². The normalized spacial score (nSPS) is 10.7. The Balaban J connectivity index is 2.53. The van der Waals surface area contributed by atoms with Crippen molar-refractivity contribution in [3.63, 3.8) is 0 Å². The van der Waals surface area contributed by atoms with Crippen molar-refractivity contribution >= 4 is 59.1 Å². The zero-order chi connectivity index (χ0) is 11.0. The van der Waals surface area contributed by atoms with Crippen LogP contribution < -0.4 is 0 Å². The van der Waals surface area contributed by atoms with Crippen molar-refractivity contribution < 1.29 is 0 Å². The molecule has 0 aliphatic rings. The number of thiophene rings is 1. The highest BCUT2D eigenvalue weighted by Gasteiger charge is 2.09. The number of hydrogen-bond acceptors (Lipinski definition) is 3. The van der Waals surface area contributed by atoms with Gasteiger partial charge in [0.15, 0.2) is 5.82 Å². The summed E-state index contributed by atoms with van der Waals surface area (Å²) in [5, 5.41) is 0. The van der Waals surface area contributed by atoms with Crippen LogP contribution in [0.25, 0.3) is 10.7 Å². The van der Waals surface area contributed by atoms with E-state index < -0.39 is 0 Å². The lowest BCUT2D eigenvalue weighted by Gasteiger charge is -1.97. The van der Waals surface area contributed by atoms with Crippen molar-refractivity contribution in [3.8, 4) is 10.7 Å². The van der Waals surface area contributed by atoms with E-state index in [9.17, 15) is 0 Å². The number of aromatic nitrogens is 2. The molecule has 15 heavy (non-hydrogen) atoms. The van der Waals surface area contributed by atoms with Crippen LogP contribution >= 0.6 is 59.1 Å². The van der Waals surface area contributed by atoms with Gasteiger partial charge in [-0.3, -0.25) is 0 Å². The topological polar surface area (TPSA) is 25.8 Å². The Bertz CT molecular complexity index is 470. The molecule has 0 unspecified atom stereocenters. The smallest absolute Gasteiger partial charge is 0.171 e. The van der Waals surface area contributed by atoms with E-state index in [4.69, 9.17) is 0 Å². The number of halogens is 3. The Morgan fingerprint density at radius 3 is 2.13 bits per heavy atom. The van der Waals surface area contributed by atoms with Gasteiger partial charge in [-0.15, -0.1) is 11.3 Å². The average molecular weight is 413 g/mol. The molecule has 0 amide bonds. The van der Waals surface area contributed by atoms with Gasteiger partial charge in [0.2, 0.25) is 0 Å². The molecule has 2 heterocycles. The zero-order valence-electron chi connectivity index (χ0n) is 7.59. The molecule has 2 rings (SSSR count). The molecule has 0 saturated heterocycles. The predicted octanol–water partition coefficient (Wildman–Crippen LogP) is 4.80. The second-order valence-corrected chi connectivity index (χ2v) is 6.59. The molecule has 0 fully saturated rings. The standard InChI is InChI=1S/C9H5Br3N2S/c1-4-5(10)2-6(15-4)9-13-7(11)3-8(12)14-9/h2-3H,1H3. The lowest BCUT2D eigenvalue weighted by Crippen LogP contribution is -1.87. The van der Waals surface area contributed by atoms with Gasteiger partial charge in [-0.05, 0) is 60.8 Å². The first-order valence-electron chi connectivity index (χ1n) is 4.02. The molecular formula is C9H5Br3N2S. The van der Waals surface area contributed by atoms with E-state index in [0.29, 0.717) is 0 Å². The van der Waals surface area contributed by atoms with Gasteiger partial charge in [-0.2, -0.15) is 0 Å². The van der Waals surface area contributed by atoms with Crippen LogP contribution in [0.5, 0.6) is 0 Å². The van der Waals surface area contributed by atoms with Crippen LogP contribution in [0.4, 0.5) is 0 Å². The molecule has 2 aromatic rings. The SMILES string of the molecule is Cc1sc(-c2nc(Br)cc(Br)n2)cc1Br. The third-order valence-corrected chi connectivity index (χ3v) is 4.69. The maximum absolute atomic E-state index is 4.32. The van der Waals surface area contributed by atoms with E-state index in [1.807, 2.05) is 12.1 Å². The first-order valence-corrected chi connectivity index (χ1v) is 7.22. The monoisotopic (exact) mass is 410 g/mol. The fraction of sp³-hybridized carbons (Fsp3) is 0.111. The molecule has 78 valence electrons. The first-order chi connectivity index (χ1) is 7.06. The number of rotatable bonds is 1.